The third-order valence-corrected chi connectivity index (χ3v) is 3.14. The molecule has 0 radical (unpaired) electrons. The average molecular weight is 242 g/mol. The van der Waals surface area contributed by atoms with Crippen LogP contribution >= 0.6 is 11.6 Å². The number of anilines is 1. The first-order valence-electron chi connectivity index (χ1n) is 5.53. The third kappa shape index (κ3) is 2.83. The lowest BCUT2D eigenvalue weighted by atomic mass is 10.00. The minimum Gasteiger partial charge on any atom is -0.381 e. The topological polar surface area (TPSA) is 38.2 Å². The molecule has 1 aliphatic rings. The van der Waals surface area contributed by atoms with Crippen molar-refractivity contribution < 1.29 is 4.74 Å². The predicted octanol–water partition coefficient (Wildman–Crippen LogP) is 1.99. The second kappa shape index (κ2) is 5.46. The van der Waals surface area contributed by atoms with Crippen molar-refractivity contribution in [2.24, 2.45) is 5.92 Å². The van der Waals surface area contributed by atoms with Crippen LogP contribution in [0, 0.1) is 5.92 Å². The second-order valence-electron chi connectivity index (χ2n) is 4.11. The van der Waals surface area contributed by atoms with E-state index in [1.807, 2.05) is 7.05 Å². The number of aromatic nitrogens is 2. The highest BCUT2D eigenvalue weighted by molar-refractivity contribution is 6.31. The van der Waals surface area contributed by atoms with E-state index in [1.54, 1.807) is 12.4 Å². The Bertz CT molecular complexity index is 342. The van der Waals surface area contributed by atoms with Crippen LogP contribution in [0.3, 0.4) is 0 Å². The van der Waals surface area contributed by atoms with Gasteiger partial charge in [0.1, 0.15) is 0 Å². The number of hydrogen-bond donors (Lipinski definition) is 0. The van der Waals surface area contributed by atoms with Crippen molar-refractivity contribution in [3.8, 4) is 0 Å². The molecule has 0 atom stereocenters. The summed E-state index contributed by atoms with van der Waals surface area (Å²) in [7, 11) is 2.01. The molecule has 1 saturated heterocycles. The van der Waals surface area contributed by atoms with Crippen molar-refractivity contribution in [1.82, 2.24) is 9.97 Å². The Morgan fingerprint density at radius 3 is 2.75 bits per heavy atom. The smallest absolute Gasteiger partial charge is 0.171 e. The van der Waals surface area contributed by atoms with Gasteiger partial charge in [0, 0.05) is 39.2 Å². The summed E-state index contributed by atoms with van der Waals surface area (Å²) in [5.74, 6) is 1.42. The lowest BCUT2D eigenvalue weighted by molar-refractivity contribution is 0.0685. The summed E-state index contributed by atoms with van der Waals surface area (Å²) in [5, 5.41) is 0.469. The maximum atomic E-state index is 6.00. The van der Waals surface area contributed by atoms with E-state index in [0.29, 0.717) is 11.1 Å². The standard InChI is InChI=1S/C11H16ClN3O/c1-15(8-9-2-6-16-7-3-9)11-10(12)13-4-5-14-11/h4-5,9H,2-3,6-8H2,1H3. The van der Waals surface area contributed by atoms with Crippen LogP contribution in [0.4, 0.5) is 5.82 Å². The number of hydrogen-bond acceptors (Lipinski definition) is 4. The molecule has 0 unspecified atom stereocenters. The normalized spacial score (nSPS) is 17.4. The number of nitrogens with zero attached hydrogens (tertiary/aromatic N) is 3. The van der Waals surface area contributed by atoms with Gasteiger partial charge in [0.25, 0.3) is 0 Å². The monoisotopic (exact) mass is 241 g/mol. The maximum absolute atomic E-state index is 6.00. The van der Waals surface area contributed by atoms with Gasteiger partial charge >= 0.3 is 0 Å². The van der Waals surface area contributed by atoms with Crippen LogP contribution in [0.5, 0.6) is 0 Å². The quantitative estimate of drug-likeness (QED) is 0.811. The van der Waals surface area contributed by atoms with E-state index in [9.17, 15) is 0 Å². The van der Waals surface area contributed by atoms with Crippen molar-refractivity contribution in [2.75, 3.05) is 31.7 Å². The Morgan fingerprint density at radius 2 is 2.06 bits per heavy atom. The molecule has 0 aromatic carbocycles. The Labute approximate surface area is 101 Å². The van der Waals surface area contributed by atoms with Crippen LogP contribution in [0.15, 0.2) is 12.4 Å². The highest BCUT2D eigenvalue weighted by atomic mass is 35.5. The molecule has 1 aromatic heterocycles. The minimum atomic E-state index is 0.469. The molecule has 1 fully saturated rings. The van der Waals surface area contributed by atoms with Gasteiger partial charge in [-0.15, -0.1) is 0 Å². The van der Waals surface area contributed by atoms with Crippen LogP contribution < -0.4 is 4.90 Å². The summed E-state index contributed by atoms with van der Waals surface area (Å²) in [6.07, 6.45) is 5.50. The zero-order chi connectivity index (χ0) is 11.4. The Morgan fingerprint density at radius 1 is 1.38 bits per heavy atom. The van der Waals surface area contributed by atoms with Crippen LogP contribution in [0.25, 0.3) is 0 Å². The molecule has 0 bridgehead atoms. The average Bonchev–Trinajstić information content (AvgIpc) is 2.31. The zero-order valence-electron chi connectivity index (χ0n) is 9.40. The minimum absolute atomic E-state index is 0.469. The van der Waals surface area contributed by atoms with Crippen molar-refractivity contribution in [2.45, 2.75) is 12.8 Å². The summed E-state index contributed by atoms with van der Waals surface area (Å²) < 4.78 is 5.34. The maximum Gasteiger partial charge on any atom is 0.171 e. The lowest BCUT2D eigenvalue weighted by Gasteiger charge is -2.27. The van der Waals surface area contributed by atoms with Crippen molar-refractivity contribution in [1.29, 1.82) is 0 Å². The molecule has 0 amide bonds. The largest absolute Gasteiger partial charge is 0.381 e. The summed E-state index contributed by atoms with van der Waals surface area (Å²) in [6.45, 7) is 2.70. The van der Waals surface area contributed by atoms with Gasteiger partial charge in [0.2, 0.25) is 0 Å². The molecule has 1 aromatic rings. The van der Waals surface area contributed by atoms with Crippen LogP contribution in [-0.4, -0.2) is 36.8 Å². The van der Waals surface area contributed by atoms with Crippen molar-refractivity contribution in [3.63, 3.8) is 0 Å². The molecule has 88 valence electrons. The first kappa shape index (κ1) is 11.6. The van der Waals surface area contributed by atoms with Crippen LogP contribution in [0.2, 0.25) is 5.15 Å². The Balaban J connectivity index is 1.96. The van der Waals surface area contributed by atoms with Gasteiger partial charge in [0.05, 0.1) is 0 Å². The third-order valence-electron chi connectivity index (χ3n) is 2.87. The lowest BCUT2D eigenvalue weighted by Crippen LogP contribution is -2.30. The summed E-state index contributed by atoms with van der Waals surface area (Å²) in [6, 6.07) is 0. The molecule has 0 spiro atoms. The molecule has 0 aliphatic carbocycles. The van der Waals surface area contributed by atoms with Gasteiger partial charge in [0.15, 0.2) is 11.0 Å². The number of rotatable bonds is 3. The molecule has 16 heavy (non-hydrogen) atoms. The first-order chi connectivity index (χ1) is 7.77. The van der Waals surface area contributed by atoms with Crippen molar-refractivity contribution in [3.05, 3.63) is 17.5 Å². The van der Waals surface area contributed by atoms with Gasteiger partial charge in [-0.1, -0.05) is 11.6 Å². The fourth-order valence-corrected chi connectivity index (χ4v) is 2.22. The number of ether oxygens (including phenoxy) is 1. The summed E-state index contributed by atoms with van der Waals surface area (Å²) in [4.78, 5) is 10.3. The highest BCUT2D eigenvalue weighted by Crippen LogP contribution is 2.22. The fourth-order valence-electron chi connectivity index (χ4n) is 1.97. The van der Waals surface area contributed by atoms with E-state index in [1.165, 1.54) is 0 Å². The molecule has 0 saturated carbocycles. The van der Waals surface area contributed by atoms with Gasteiger partial charge in [-0.2, -0.15) is 0 Å². The second-order valence-corrected chi connectivity index (χ2v) is 4.47. The van der Waals surface area contributed by atoms with Gasteiger partial charge in [-0.3, -0.25) is 0 Å². The van der Waals surface area contributed by atoms with Crippen LogP contribution in [0.1, 0.15) is 12.8 Å². The molecule has 2 rings (SSSR count). The van der Waals surface area contributed by atoms with Gasteiger partial charge < -0.3 is 9.64 Å². The van der Waals surface area contributed by atoms with E-state index in [0.717, 1.165) is 38.4 Å². The molecular weight excluding hydrogens is 226 g/mol. The van der Waals surface area contributed by atoms with Crippen molar-refractivity contribution >= 4 is 17.4 Å². The molecule has 4 nitrogen and oxygen atoms in total. The van der Waals surface area contributed by atoms with E-state index in [2.05, 4.69) is 14.9 Å². The van der Waals surface area contributed by atoms with E-state index in [-0.39, 0.29) is 0 Å². The number of halogens is 1. The fraction of sp³-hybridized carbons (Fsp3) is 0.636. The first-order valence-corrected chi connectivity index (χ1v) is 5.90. The van der Waals surface area contributed by atoms with E-state index in [4.69, 9.17) is 16.3 Å². The molecular formula is C11H16ClN3O. The molecule has 5 heteroatoms. The van der Waals surface area contributed by atoms with Gasteiger partial charge in [-0.05, 0) is 18.8 Å². The molecule has 2 heterocycles. The highest BCUT2D eigenvalue weighted by Gasteiger charge is 2.17. The summed E-state index contributed by atoms with van der Waals surface area (Å²) >= 11 is 6.00. The SMILES string of the molecule is CN(CC1CCOCC1)c1nccnc1Cl. The Kier molecular flexibility index (Phi) is 3.96. The summed E-state index contributed by atoms with van der Waals surface area (Å²) in [5.41, 5.74) is 0. The van der Waals surface area contributed by atoms with E-state index < -0.39 is 0 Å². The molecule has 0 N–H and O–H groups in total. The zero-order valence-corrected chi connectivity index (χ0v) is 10.2. The molecule has 1 aliphatic heterocycles. The van der Waals surface area contributed by atoms with Crippen LogP contribution in [-0.2, 0) is 4.74 Å². The Hall–Kier alpha value is -0.870. The van der Waals surface area contributed by atoms with Gasteiger partial charge in [-0.25, -0.2) is 9.97 Å². The predicted molar refractivity (Wildman–Crippen MR) is 63.9 cm³/mol. The van der Waals surface area contributed by atoms with E-state index >= 15 is 0 Å².